The number of aryl methyl sites for hydroxylation is 1. The molecule has 1 saturated carbocycles. The van der Waals surface area contributed by atoms with Crippen molar-refractivity contribution in [2.75, 3.05) is 0 Å². The number of nitro benzene ring substituents is 1. The highest BCUT2D eigenvalue weighted by molar-refractivity contribution is 9.10. The molecule has 0 radical (unpaired) electrons. The third-order valence-electron chi connectivity index (χ3n) is 3.73. The second-order valence-electron chi connectivity index (χ2n) is 5.46. The summed E-state index contributed by atoms with van der Waals surface area (Å²) >= 11 is 6.87. The fourth-order valence-corrected chi connectivity index (χ4v) is 3.37. The average Bonchev–Trinajstić information content (AvgIpc) is 2.30. The van der Waals surface area contributed by atoms with Gasteiger partial charge in [0.2, 0.25) is 0 Å². The van der Waals surface area contributed by atoms with Gasteiger partial charge in [0.05, 0.1) is 4.92 Å². The molecule has 6 heteroatoms. The Hall–Kier alpha value is -0.620. The molecular weight excluding hydrogens is 378 g/mol. The summed E-state index contributed by atoms with van der Waals surface area (Å²) < 4.78 is 6.61. The Bertz CT molecular complexity index is 531. The third kappa shape index (κ3) is 2.65. The van der Waals surface area contributed by atoms with E-state index < -0.39 is 4.92 Å². The highest BCUT2D eigenvalue weighted by atomic mass is 79.9. The minimum Gasteiger partial charge on any atom is -0.483 e. The zero-order valence-electron chi connectivity index (χ0n) is 10.9. The molecule has 2 atom stereocenters. The molecule has 1 fully saturated rings. The van der Waals surface area contributed by atoms with Gasteiger partial charge in [0.25, 0.3) is 0 Å². The Labute approximate surface area is 128 Å². The number of hydrogen-bond donors (Lipinski definition) is 0. The lowest BCUT2D eigenvalue weighted by Gasteiger charge is -2.48. The smallest absolute Gasteiger partial charge is 0.312 e. The number of nitro groups is 1. The van der Waals surface area contributed by atoms with Crippen molar-refractivity contribution in [1.29, 1.82) is 0 Å². The summed E-state index contributed by atoms with van der Waals surface area (Å²) in [5.74, 6) is 0.380. The third-order valence-corrected chi connectivity index (χ3v) is 5.75. The zero-order valence-corrected chi connectivity index (χ0v) is 14.1. The molecule has 1 aliphatic rings. The monoisotopic (exact) mass is 391 g/mol. The summed E-state index contributed by atoms with van der Waals surface area (Å²) in [7, 11) is 0. The van der Waals surface area contributed by atoms with Crippen molar-refractivity contribution in [3.05, 3.63) is 32.3 Å². The molecule has 1 aliphatic carbocycles. The summed E-state index contributed by atoms with van der Waals surface area (Å²) in [4.78, 5) is 11.1. The molecule has 2 unspecified atom stereocenters. The number of halogens is 2. The van der Waals surface area contributed by atoms with Gasteiger partial charge in [-0.15, -0.1) is 0 Å². The van der Waals surface area contributed by atoms with Crippen LogP contribution in [0.25, 0.3) is 0 Å². The summed E-state index contributed by atoms with van der Waals surface area (Å²) in [6.45, 7) is 6.02. The molecular formula is C13H15Br2NO3. The first-order chi connectivity index (χ1) is 8.73. The highest BCUT2D eigenvalue weighted by Gasteiger charge is 2.49. The van der Waals surface area contributed by atoms with Gasteiger partial charge in [0.1, 0.15) is 6.10 Å². The summed E-state index contributed by atoms with van der Waals surface area (Å²) in [5.41, 5.74) is 0.767. The first kappa shape index (κ1) is 14.8. The number of rotatable bonds is 3. The van der Waals surface area contributed by atoms with Crippen LogP contribution in [0.1, 0.15) is 25.8 Å². The van der Waals surface area contributed by atoms with Crippen LogP contribution in [0.4, 0.5) is 5.69 Å². The molecule has 0 N–H and O–H groups in total. The van der Waals surface area contributed by atoms with Gasteiger partial charge in [-0.1, -0.05) is 45.7 Å². The van der Waals surface area contributed by atoms with Crippen LogP contribution >= 0.6 is 31.9 Å². The summed E-state index contributed by atoms with van der Waals surface area (Å²) in [6, 6.07) is 3.32. The number of nitrogens with zero attached hydrogens (tertiary/aromatic N) is 1. The molecule has 0 heterocycles. The molecule has 19 heavy (non-hydrogen) atoms. The Kier molecular flexibility index (Phi) is 3.93. The molecule has 2 rings (SSSR count). The van der Waals surface area contributed by atoms with Gasteiger partial charge < -0.3 is 4.74 Å². The Morgan fingerprint density at radius 2 is 2.11 bits per heavy atom. The van der Waals surface area contributed by atoms with Crippen LogP contribution in [0, 0.1) is 22.5 Å². The van der Waals surface area contributed by atoms with E-state index in [1.807, 2.05) is 13.0 Å². The standard InChI is InChI=1S/C13H15Br2NO3/c1-7-4-8(14)5-9(16(17)18)12(7)19-11-6-10(15)13(11,2)3/h4-5,10-11H,6H2,1-3H3. The maximum Gasteiger partial charge on any atom is 0.312 e. The summed E-state index contributed by atoms with van der Waals surface area (Å²) in [5, 5.41) is 11.1. The second kappa shape index (κ2) is 5.05. The number of ether oxygens (including phenoxy) is 1. The average molecular weight is 393 g/mol. The van der Waals surface area contributed by atoms with Crippen molar-refractivity contribution < 1.29 is 9.66 Å². The van der Waals surface area contributed by atoms with Gasteiger partial charge in [-0.3, -0.25) is 10.1 Å². The Balaban J connectivity index is 2.33. The molecule has 0 bridgehead atoms. The first-order valence-corrected chi connectivity index (χ1v) is 7.69. The van der Waals surface area contributed by atoms with E-state index >= 15 is 0 Å². The van der Waals surface area contributed by atoms with E-state index in [1.54, 1.807) is 0 Å². The molecule has 0 aromatic heterocycles. The van der Waals surface area contributed by atoms with Crippen molar-refractivity contribution >= 4 is 37.5 Å². The molecule has 0 aliphatic heterocycles. The zero-order chi connectivity index (χ0) is 14.4. The number of alkyl halides is 1. The van der Waals surface area contributed by atoms with Gasteiger partial charge in [-0.2, -0.15) is 0 Å². The first-order valence-electron chi connectivity index (χ1n) is 5.98. The largest absolute Gasteiger partial charge is 0.483 e. The molecule has 0 amide bonds. The van der Waals surface area contributed by atoms with Crippen molar-refractivity contribution in [1.82, 2.24) is 0 Å². The van der Waals surface area contributed by atoms with Crippen molar-refractivity contribution in [2.24, 2.45) is 5.41 Å². The fourth-order valence-electron chi connectivity index (χ4n) is 2.18. The lowest BCUT2D eigenvalue weighted by Crippen LogP contribution is -2.53. The molecule has 1 aromatic rings. The van der Waals surface area contributed by atoms with E-state index in [0.29, 0.717) is 15.0 Å². The van der Waals surface area contributed by atoms with Crippen LogP contribution in [0.15, 0.2) is 16.6 Å². The predicted octanol–water partition coefficient (Wildman–Crippen LogP) is 4.61. The van der Waals surface area contributed by atoms with E-state index in [4.69, 9.17) is 4.74 Å². The SMILES string of the molecule is Cc1cc(Br)cc([N+](=O)[O-])c1OC1CC(Br)C1(C)C. The normalized spacial score (nSPS) is 24.7. The second-order valence-corrected chi connectivity index (χ2v) is 7.48. The number of hydrogen-bond acceptors (Lipinski definition) is 3. The summed E-state index contributed by atoms with van der Waals surface area (Å²) in [6.07, 6.45) is 0.857. The van der Waals surface area contributed by atoms with Crippen molar-refractivity contribution in [2.45, 2.75) is 38.1 Å². The lowest BCUT2D eigenvalue weighted by molar-refractivity contribution is -0.386. The maximum absolute atomic E-state index is 11.1. The van der Waals surface area contributed by atoms with Crippen LogP contribution < -0.4 is 4.74 Å². The van der Waals surface area contributed by atoms with Crippen LogP contribution in [0.2, 0.25) is 0 Å². The van der Waals surface area contributed by atoms with Crippen LogP contribution in [-0.2, 0) is 0 Å². The Morgan fingerprint density at radius 3 is 2.58 bits per heavy atom. The minimum absolute atomic E-state index is 0.00421. The van der Waals surface area contributed by atoms with Crippen molar-refractivity contribution in [3.63, 3.8) is 0 Å². The molecule has 104 valence electrons. The number of benzene rings is 1. The van der Waals surface area contributed by atoms with Crippen LogP contribution in [-0.4, -0.2) is 15.9 Å². The van der Waals surface area contributed by atoms with E-state index in [2.05, 4.69) is 45.7 Å². The van der Waals surface area contributed by atoms with Crippen molar-refractivity contribution in [3.8, 4) is 5.75 Å². The van der Waals surface area contributed by atoms with Gasteiger partial charge in [-0.05, 0) is 25.0 Å². The topological polar surface area (TPSA) is 52.4 Å². The van der Waals surface area contributed by atoms with Crippen LogP contribution in [0.5, 0.6) is 5.75 Å². The van der Waals surface area contributed by atoms with Gasteiger partial charge >= 0.3 is 5.69 Å². The lowest BCUT2D eigenvalue weighted by atomic mass is 9.69. The van der Waals surface area contributed by atoms with E-state index in [0.717, 1.165) is 12.0 Å². The quantitative estimate of drug-likeness (QED) is 0.428. The molecule has 1 aromatic carbocycles. The van der Waals surface area contributed by atoms with E-state index in [-0.39, 0.29) is 17.2 Å². The van der Waals surface area contributed by atoms with Gasteiger partial charge in [-0.25, -0.2) is 0 Å². The van der Waals surface area contributed by atoms with E-state index in [1.165, 1.54) is 6.07 Å². The maximum atomic E-state index is 11.1. The predicted molar refractivity (Wildman–Crippen MR) is 81.1 cm³/mol. The van der Waals surface area contributed by atoms with Crippen LogP contribution in [0.3, 0.4) is 0 Å². The molecule has 0 spiro atoms. The fraction of sp³-hybridized carbons (Fsp3) is 0.538. The van der Waals surface area contributed by atoms with Gasteiger partial charge in [0, 0.05) is 20.8 Å². The molecule has 0 saturated heterocycles. The van der Waals surface area contributed by atoms with E-state index in [9.17, 15) is 10.1 Å². The Morgan fingerprint density at radius 1 is 1.47 bits per heavy atom. The molecule has 4 nitrogen and oxygen atoms in total. The highest BCUT2D eigenvalue weighted by Crippen LogP contribution is 2.49. The van der Waals surface area contributed by atoms with Gasteiger partial charge in [0.15, 0.2) is 5.75 Å². The minimum atomic E-state index is -0.398.